The zero-order valence-electron chi connectivity index (χ0n) is 15.0. The summed E-state index contributed by atoms with van der Waals surface area (Å²) in [5.74, 6) is 0.999. The topological polar surface area (TPSA) is 60.0 Å². The number of carbonyl (C=O) groups is 1. The minimum atomic E-state index is 0.0401. The fourth-order valence-electron chi connectivity index (χ4n) is 6.01. The Morgan fingerprint density at radius 2 is 2.24 bits per heavy atom. The van der Waals surface area contributed by atoms with Gasteiger partial charge in [0.15, 0.2) is 0 Å². The second-order valence-corrected chi connectivity index (χ2v) is 8.54. The Morgan fingerprint density at radius 3 is 2.92 bits per heavy atom. The Hall–Kier alpha value is -1.97. The van der Waals surface area contributed by atoms with Gasteiger partial charge in [0, 0.05) is 30.4 Å². The van der Waals surface area contributed by atoms with Crippen LogP contribution in [0, 0.1) is 16.7 Å². The number of nitrogen functional groups attached to an aromatic ring is 1. The second kappa shape index (κ2) is 5.03. The molecule has 1 aromatic heterocycles. The third-order valence-electron chi connectivity index (χ3n) is 7.54. The first-order valence-corrected chi connectivity index (χ1v) is 9.76. The number of nitrogens with zero attached hydrogens (tertiary/aromatic N) is 1. The molecule has 0 radical (unpaired) electrons. The Balaban J connectivity index is 1.42. The summed E-state index contributed by atoms with van der Waals surface area (Å²) in [4.78, 5) is 13.0. The predicted octanol–water partition coefficient (Wildman–Crippen LogP) is 3.94. The van der Waals surface area contributed by atoms with Crippen molar-refractivity contribution in [2.45, 2.75) is 52.0 Å². The summed E-state index contributed by atoms with van der Waals surface area (Å²) in [6.45, 7) is 3.90. The molecule has 0 saturated heterocycles. The molecule has 3 fully saturated rings. The molecule has 1 spiro atoms. The summed E-state index contributed by atoms with van der Waals surface area (Å²) in [5.41, 5.74) is 9.72. The van der Waals surface area contributed by atoms with Crippen LogP contribution >= 0.6 is 0 Å². The van der Waals surface area contributed by atoms with Gasteiger partial charge in [-0.1, -0.05) is 13.0 Å². The van der Waals surface area contributed by atoms with Crippen molar-refractivity contribution in [2.24, 2.45) is 16.7 Å². The highest BCUT2D eigenvalue weighted by Crippen LogP contribution is 2.81. The molecule has 1 amide bonds. The van der Waals surface area contributed by atoms with Gasteiger partial charge in [-0.2, -0.15) is 0 Å². The Bertz CT molecular complexity index is 863. The predicted molar refractivity (Wildman–Crippen MR) is 100 cm³/mol. The first-order valence-electron chi connectivity index (χ1n) is 9.76. The lowest BCUT2D eigenvalue weighted by Crippen LogP contribution is -2.48. The fraction of sp³-hybridized carbons (Fsp3) is 0.571. The Morgan fingerprint density at radius 1 is 1.36 bits per heavy atom. The normalized spacial score (nSPS) is 32.1. The van der Waals surface area contributed by atoms with Gasteiger partial charge in [0.25, 0.3) is 5.91 Å². The van der Waals surface area contributed by atoms with Crippen LogP contribution in [-0.2, 0) is 6.54 Å². The standard InChI is InChI=1S/C21H27N3O/c1-2-10-24-12-15(18-16(22)4-3-5-17(18)24)19(25)23-13-20-7-6-14-11-21(14,20)9-8-20/h3-5,12,14H,2,6-11,13,22H2,1H3,(H,23,25). The van der Waals surface area contributed by atoms with Crippen molar-refractivity contribution in [3.8, 4) is 0 Å². The van der Waals surface area contributed by atoms with Crippen molar-refractivity contribution in [3.63, 3.8) is 0 Å². The van der Waals surface area contributed by atoms with Crippen LogP contribution in [0.3, 0.4) is 0 Å². The maximum Gasteiger partial charge on any atom is 0.253 e. The zero-order chi connectivity index (χ0) is 17.2. The third kappa shape index (κ3) is 1.91. The molecule has 25 heavy (non-hydrogen) atoms. The minimum Gasteiger partial charge on any atom is -0.398 e. The lowest BCUT2D eigenvalue weighted by molar-refractivity contribution is 0.0203. The second-order valence-electron chi connectivity index (χ2n) is 8.54. The number of nitrogens with two attached hydrogens (primary N) is 1. The molecule has 3 aliphatic rings. The lowest BCUT2D eigenvalue weighted by Gasteiger charge is -2.49. The number of anilines is 1. The van der Waals surface area contributed by atoms with Gasteiger partial charge in [0.1, 0.15) is 0 Å². The lowest BCUT2D eigenvalue weighted by atomic mass is 9.57. The molecular formula is C21H27N3O. The zero-order valence-corrected chi connectivity index (χ0v) is 15.0. The van der Waals surface area contributed by atoms with Gasteiger partial charge >= 0.3 is 0 Å². The molecule has 2 aromatic rings. The molecule has 3 saturated carbocycles. The first kappa shape index (κ1) is 15.3. The summed E-state index contributed by atoms with van der Waals surface area (Å²) in [5, 5.41) is 4.19. The van der Waals surface area contributed by atoms with E-state index >= 15 is 0 Å². The largest absolute Gasteiger partial charge is 0.398 e. The monoisotopic (exact) mass is 337 g/mol. The maximum absolute atomic E-state index is 13.0. The molecule has 5 rings (SSSR count). The number of hydrogen-bond donors (Lipinski definition) is 2. The molecule has 132 valence electrons. The van der Waals surface area contributed by atoms with Crippen molar-refractivity contribution in [2.75, 3.05) is 12.3 Å². The van der Waals surface area contributed by atoms with Gasteiger partial charge in [-0.15, -0.1) is 0 Å². The van der Waals surface area contributed by atoms with Gasteiger partial charge in [0.2, 0.25) is 0 Å². The van der Waals surface area contributed by atoms with Gasteiger partial charge < -0.3 is 15.6 Å². The molecule has 4 nitrogen and oxygen atoms in total. The van der Waals surface area contributed by atoms with Gasteiger partial charge in [-0.3, -0.25) is 4.79 Å². The molecule has 1 heterocycles. The van der Waals surface area contributed by atoms with E-state index in [4.69, 9.17) is 5.73 Å². The van der Waals surface area contributed by atoms with E-state index in [2.05, 4.69) is 22.9 Å². The highest BCUT2D eigenvalue weighted by atomic mass is 16.1. The van der Waals surface area contributed by atoms with E-state index in [0.717, 1.165) is 41.9 Å². The van der Waals surface area contributed by atoms with Crippen molar-refractivity contribution in [1.29, 1.82) is 0 Å². The SMILES string of the molecule is CCCn1cc(C(=O)NCC23CCC4CC42CC3)c2c(N)cccc21. The van der Waals surface area contributed by atoms with Crippen LogP contribution in [0.1, 0.15) is 55.8 Å². The van der Waals surface area contributed by atoms with Crippen LogP contribution in [0.25, 0.3) is 10.9 Å². The van der Waals surface area contributed by atoms with Crippen LogP contribution in [0.2, 0.25) is 0 Å². The summed E-state index contributed by atoms with van der Waals surface area (Å²) >= 11 is 0. The van der Waals surface area contributed by atoms with Crippen molar-refractivity contribution < 1.29 is 4.79 Å². The fourth-order valence-corrected chi connectivity index (χ4v) is 6.01. The van der Waals surface area contributed by atoms with Gasteiger partial charge in [-0.25, -0.2) is 0 Å². The number of amides is 1. The minimum absolute atomic E-state index is 0.0401. The number of aromatic nitrogens is 1. The molecule has 3 N–H and O–H groups in total. The average Bonchev–Trinajstić information content (AvgIpc) is 3.19. The smallest absolute Gasteiger partial charge is 0.253 e. The number of nitrogens with one attached hydrogen (secondary N) is 1. The molecule has 3 aliphatic carbocycles. The molecular weight excluding hydrogens is 310 g/mol. The van der Waals surface area contributed by atoms with Gasteiger partial charge in [-0.05, 0) is 67.4 Å². The molecule has 0 bridgehead atoms. The summed E-state index contributed by atoms with van der Waals surface area (Å²) < 4.78 is 2.16. The molecule has 4 heteroatoms. The first-order chi connectivity index (χ1) is 12.1. The van der Waals surface area contributed by atoms with E-state index in [1.807, 2.05) is 18.3 Å². The number of carbonyl (C=O) groups excluding carboxylic acids is 1. The van der Waals surface area contributed by atoms with Crippen LogP contribution < -0.4 is 11.1 Å². The highest BCUT2D eigenvalue weighted by Gasteiger charge is 2.74. The van der Waals surface area contributed by atoms with Gasteiger partial charge in [0.05, 0.1) is 11.1 Å². The van der Waals surface area contributed by atoms with E-state index in [0.29, 0.717) is 16.5 Å². The van der Waals surface area contributed by atoms with E-state index in [1.54, 1.807) is 0 Å². The average molecular weight is 337 g/mol. The summed E-state index contributed by atoms with van der Waals surface area (Å²) in [7, 11) is 0. The van der Waals surface area contributed by atoms with Crippen LogP contribution in [0.4, 0.5) is 5.69 Å². The molecule has 0 aliphatic heterocycles. The van der Waals surface area contributed by atoms with Crippen molar-refractivity contribution in [1.82, 2.24) is 9.88 Å². The van der Waals surface area contributed by atoms with E-state index < -0.39 is 0 Å². The highest BCUT2D eigenvalue weighted by molar-refractivity contribution is 6.11. The summed E-state index contributed by atoms with van der Waals surface area (Å²) in [6, 6.07) is 5.92. The number of hydrogen-bond acceptors (Lipinski definition) is 2. The quantitative estimate of drug-likeness (QED) is 0.812. The summed E-state index contributed by atoms with van der Waals surface area (Å²) in [6.07, 6.45) is 9.79. The molecule has 3 unspecified atom stereocenters. The number of aryl methyl sites for hydroxylation is 1. The Labute approximate surface area is 148 Å². The number of fused-ring (bicyclic) bond motifs is 1. The molecule has 3 atom stereocenters. The van der Waals surface area contributed by atoms with Crippen molar-refractivity contribution in [3.05, 3.63) is 30.0 Å². The van der Waals surface area contributed by atoms with E-state index in [-0.39, 0.29) is 5.91 Å². The van der Waals surface area contributed by atoms with Crippen LogP contribution in [0.5, 0.6) is 0 Å². The molecule has 1 aromatic carbocycles. The van der Waals surface area contributed by atoms with E-state index in [9.17, 15) is 4.79 Å². The van der Waals surface area contributed by atoms with E-state index in [1.165, 1.54) is 32.1 Å². The van der Waals surface area contributed by atoms with Crippen LogP contribution in [0.15, 0.2) is 24.4 Å². The number of benzene rings is 1. The van der Waals surface area contributed by atoms with Crippen molar-refractivity contribution >= 4 is 22.5 Å². The number of rotatable bonds is 5. The Kier molecular flexibility index (Phi) is 3.08. The maximum atomic E-state index is 13.0. The van der Waals surface area contributed by atoms with Crippen LogP contribution in [-0.4, -0.2) is 17.0 Å². The third-order valence-corrected chi connectivity index (χ3v) is 7.54.